The Morgan fingerprint density at radius 3 is 3.06 bits per heavy atom. The molecule has 1 aromatic carbocycles. The zero-order valence-corrected chi connectivity index (χ0v) is 9.67. The van der Waals surface area contributed by atoms with Gasteiger partial charge in [-0.05, 0) is 18.2 Å². The van der Waals surface area contributed by atoms with Crippen LogP contribution < -0.4 is 10.9 Å². The van der Waals surface area contributed by atoms with Gasteiger partial charge in [-0.2, -0.15) is 5.26 Å². The van der Waals surface area contributed by atoms with Gasteiger partial charge < -0.3 is 9.88 Å². The summed E-state index contributed by atoms with van der Waals surface area (Å²) >= 11 is 0. The van der Waals surface area contributed by atoms with Gasteiger partial charge in [-0.15, -0.1) is 0 Å². The van der Waals surface area contributed by atoms with Gasteiger partial charge in [0, 0.05) is 12.7 Å². The second kappa shape index (κ2) is 4.67. The van der Waals surface area contributed by atoms with Gasteiger partial charge in [0.25, 0.3) is 5.56 Å². The number of carbonyl (C=O) groups excluding carboxylic acids is 1. The first-order valence-corrected chi connectivity index (χ1v) is 5.24. The maximum Gasteiger partial charge on any atom is 0.260 e. The molecule has 0 aliphatic rings. The zero-order chi connectivity index (χ0) is 13.1. The fraction of sp³-hybridized carbons (Fsp3) is 0.167. The van der Waals surface area contributed by atoms with E-state index in [0.29, 0.717) is 16.6 Å². The summed E-state index contributed by atoms with van der Waals surface area (Å²) in [5.74, 6) is -0.405. The minimum absolute atomic E-state index is 0.184. The van der Waals surface area contributed by atoms with Crippen LogP contribution in [-0.2, 0) is 11.8 Å². The van der Waals surface area contributed by atoms with E-state index in [0.717, 1.165) is 0 Å². The number of nitrogens with one attached hydrogen (secondary N) is 1. The topological polar surface area (TPSA) is 87.8 Å². The smallest absolute Gasteiger partial charge is 0.260 e. The number of aromatic nitrogens is 2. The summed E-state index contributed by atoms with van der Waals surface area (Å²) in [7, 11) is 1.61. The van der Waals surface area contributed by atoms with Crippen molar-refractivity contribution in [3.8, 4) is 6.07 Å². The molecule has 0 saturated heterocycles. The van der Waals surface area contributed by atoms with E-state index in [9.17, 15) is 9.59 Å². The molecule has 0 radical (unpaired) electrons. The first-order chi connectivity index (χ1) is 8.61. The molecule has 2 aromatic rings. The number of rotatable bonds is 2. The van der Waals surface area contributed by atoms with Crippen molar-refractivity contribution in [2.75, 3.05) is 5.32 Å². The molecular formula is C12H10N4O2. The Morgan fingerprint density at radius 2 is 2.33 bits per heavy atom. The molecule has 0 fully saturated rings. The van der Waals surface area contributed by atoms with Crippen LogP contribution in [-0.4, -0.2) is 15.5 Å². The van der Waals surface area contributed by atoms with Crippen LogP contribution in [0.3, 0.4) is 0 Å². The average Bonchev–Trinajstić information content (AvgIpc) is 2.35. The molecule has 6 nitrogen and oxygen atoms in total. The van der Waals surface area contributed by atoms with Crippen LogP contribution in [0.4, 0.5) is 5.69 Å². The second-order valence-electron chi connectivity index (χ2n) is 3.78. The first kappa shape index (κ1) is 11.8. The molecule has 0 bridgehead atoms. The van der Waals surface area contributed by atoms with Crippen LogP contribution in [0.15, 0.2) is 29.3 Å². The summed E-state index contributed by atoms with van der Waals surface area (Å²) in [6.45, 7) is 0. The third-order valence-corrected chi connectivity index (χ3v) is 2.44. The lowest BCUT2D eigenvalue weighted by Gasteiger charge is -2.05. The zero-order valence-electron chi connectivity index (χ0n) is 9.67. The molecule has 0 atom stereocenters. The molecular weight excluding hydrogens is 232 g/mol. The Hall–Kier alpha value is -2.68. The van der Waals surface area contributed by atoms with Gasteiger partial charge in [0.2, 0.25) is 5.91 Å². The van der Waals surface area contributed by atoms with Crippen molar-refractivity contribution in [1.82, 2.24) is 9.55 Å². The third kappa shape index (κ3) is 2.20. The van der Waals surface area contributed by atoms with E-state index in [1.54, 1.807) is 31.3 Å². The predicted octanol–water partition coefficient (Wildman–Crippen LogP) is 0.786. The van der Waals surface area contributed by atoms with E-state index in [4.69, 9.17) is 5.26 Å². The van der Waals surface area contributed by atoms with Crippen molar-refractivity contribution in [1.29, 1.82) is 5.26 Å². The molecule has 2 rings (SSSR count). The molecule has 1 N–H and O–H groups in total. The Kier molecular flexibility index (Phi) is 3.06. The van der Waals surface area contributed by atoms with E-state index in [2.05, 4.69) is 10.3 Å². The monoisotopic (exact) mass is 242 g/mol. The maximum absolute atomic E-state index is 11.8. The van der Waals surface area contributed by atoms with Crippen LogP contribution in [0, 0.1) is 11.3 Å². The second-order valence-corrected chi connectivity index (χ2v) is 3.78. The fourth-order valence-electron chi connectivity index (χ4n) is 1.57. The molecule has 0 unspecified atom stereocenters. The van der Waals surface area contributed by atoms with Crippen LogP contribution in [0.5, 0.6) is 0 Å². The number of nitriles is 1. The Balaban J connectivity index is 2.44. The van der Waals surface area contributed by atoms with Crippen molar-refractivity contribution >= 4 is 22.5 Å². The molecule has 0 aliphatic carbocycles. The molecule has 0 spiro atoms. The molecule has 6 heteroatoms. The number of hydrogen-bond acceptors (Lipinski definition) is 4. The lowest BCUT2D eigenvalue weighted by atomic mass is 10.2. The van der Waals surface area contributed by atoms with Gasteiger partial charge in [0.05, 0.1) is 23.3 Å². The first-order valence-electron chi connectivity index (χ1n) is 5.24. The summed E-state index contributed by atoms with van der Waals surface area (Å²) in [5.41, 5.74) is 0.862. The standard InChI is InChI=1S/C12H10N4O2/c1-16-7-14-10-3-2-8(6-9(10)12(16)18)15-11(17)4-5-13/h2-3,6-7H,4H2,1H3,(H,15,17). The minimum Gasteiger partial charge on any atom is -0.325 e. The van der Waals surface area contributed by atoms with E-state index in [-0.39, 0.29) is 12.0 Å². The van der Waals surface area contributed by atoms with Crippen LogP contribution in [0.2, 0.25) is 0 Å². The van der Waals surface area contributed by atoms with Gasteiger partial charge in [0.1, 0.15) is 6.42 Å². The largest absolute Gasteiger partial charge is 0.325 e. The quantitative estimate of drug-likeness (QED) is 0.843. The normalized spacial score (nSPS) is 10.0. The average molecular weight is 242 g/mol. The molecule has 90 valence electrons. The molecule has 0 aliphatic heterocycles. The molecule has 18 heavy (non-hydrogen) atoms. The van der Waals surface area contributed by atoms with Crippen molar-refractivity contribution in [3.05, 3.63) is 34.9 Å². The van der Waals surface area contributed by atoms with Gasteiger partial charge in [-0.25, -0.2) is 4.98 Å². The number of amides is 1. The summed E-state index contributed by atoms with van der Waals surface area (Å²) in [6, 6.07) is 6.61. The molecule has 0 saturated carbocycles. The van der Waals surface area contributed by atoms with Gasteiger partial charge in [0.15, 0.2) is 0 Å². The minimum atomic E-state index is -0.405. The lowest BCUT2D eigenvalue weighted by molar-refractivity contribution is -0.115. The van der Waals surface area contributed by atoms with Crippen LogP contribution >= 0.6 is 0 Å². The number of aryl methyl sites for hydroxylation is 1. The van der Waals surface area contributed by atoms with E-state index in [1.165, 1.54) is 10.9 Å². The SMILES string of the molecule is Cn1cnc2ccc(NC(=O)CC#N)cc2c1=O. The number of benzene rings is 1. The van der Waals surface area contributed by atoms with Crippen LogP contribution in [0.1, 0.15) is 6.42 Å². The van der Waals surface area contributed by atoms with Crippen LogP contribution in [0.25, 0.3) is 10.9 Å². The summed E-state index contributed by atoms with van der Waals surface area (Å²) in [5, 5.41) is 11.4. The third-order valence-electron chi connectivity index (χ3n) is 2.44. The van der Waals surface area contributed by atoms with E-state index in [1.807, 2.05) is 0 Å². The number of hydrogen-bond donors (Lipinski definition) is 1. The highest BCUT2D eigenvalue weighted by molar-refractivity contribution is 5.94. The van der Waals surface area contributed by atoms with Gasteiger partial charge >= 0.3 is 0 Å². The molecule has 1 aromatic heterocycles. The number of fused-ring (bicyclic) bond motifs is 1. The van der Waals surface area contributed by atoms with E-state index >= 15 is 0 Å². The van der Waals surface area contributed by atoms with Crippen molar-refractivity contribution in [2.45, 2.75) is 6.42 Å². The number of nitrogens with zero attached hydrogens (tertiary/aromatic N) is 3. The summed E-state index contributed by atoms with van der Waals surface area (Å²) < 4.78 is 1.36. The highest BCUT2D eigenvalue weighted by atomic mass is 16.1. The molecule has 1 amide bonds. The summed E-state index contributed by atoms with van der Waals surface area (Å²) in [6.07, 6.45) is 1.22. The number of anilines is 1. The van der Waals surface area contributed by atoms with E-state index < -0.39 is 5.91 Å². The van der Waals surface area contributed by atoms with Crippen molar-refractivity contribution in [2.24, 2.45) is 7.05 Å². The Labute approximate surface area is 102 Å². The lowest BCUT2D eigenvalue weighted by Crippen LogP contribution is -2.17. The highest BCUT2D eigenvalue weighted by Gasteiger charge is 2.05. The molecule has 1 heterocycles. The summed E-state index contributed by atoms with van der Waals surface area (Å²) in [4.78, 5) is 27.2. The number of carbonyl (C=O) groups is 1. The van der Waals surface area contributed by atoms with Crippen molar-refractivity contribution < 1.29 is 4.79 Å². The Morgan fingerprint density at radius 1 is 1.56 bits per heavy atom. The highest BCUT2D eigenvalue weighted by Crippen LogP contribution is 2.14. The van der Waals surface area contributed by atoms with Crippen molar-refractivity contribution in [3.63, 3.8) is 0 Å². The van der Waals surface area contributed by atoms with Gasteiger partial charge in [-0.1, -0.05) is 0 Å². The maximum atomic E-state index is 11.8. The van der Waals surface area contributed by atoms with Gasteiger partial charge in [-0.3, -0.25) is 9.59 Å². The Bertz CT molecular complexity index is 712. The fourth-order valence-corrected chi connectivity index (χ4v) is 1.57. The predicted molar refractivity (Wildman–Crippen MR) is 65.8 cm³/mol.